The molecule has 0 spiro atoms. The Labute approximate surface area is 149 Å². The molecule has 3 rings (SSSR count). The van der Waals surface area contributed by atoms with Gasteiger partial charge in [-0.25, -0.2) is 8.42 Å². The minimum absolute atomic E-state index is 0.143. The summed E-state index contributed by atoms with van der Waals surface area (Å²) in [5.74, 6) is -0.143. The number of hydrogen-bond donors (Lipinski definition) is 0. The number of likely N-dealkylation sites (tertiary alicyclic amines) is 1. The molecule has 25 heavy (non-hydrogen) atoms. The number of para-hydroxylation sites is 1. The van der Waals surface area contributed by atoms with E-state index in [9.17, 15) is 13.2 Å². The van der Waals surface area contributed by atoms with E-state index < -0.39 is 19.8 Å². The Bertz CT molecular complexity index is 929. The van der Waals surface area contributed by atoms with Crippen LogP contribution in [-0.2, 0) is 9.84 Å². The third kappa shape index (κ3) is 3.15. The van der Waals surface area contributed by atoms with Gasteiger partial charge in [-0.3, -0.25) is 9.78 Å². The van der Waals surface area contributed by atoms with Crippen molar-refractivity contribution in [1.82, 2.24) is 9.88 Å². The van der Waals surface area contributed by atoms with Gasteiger partial charge in [0.05, 0.1) is 21.1 Å². The van der Waals surface area contributed by atoms with Crippen molar-refractivity contribution in [2.75, 3.05) is 13.1 Å². The Morgan fingerprint density at radius 3 is 2.60 bits per heavy atom. The van der Waals surface area contributed by atoms with E-state index in [1.807, 2.05) is 31.2 Å². The number of carbonyl (C=O) groups excluding carboxylic acids is 1. The first kappa shape index (κ1) is 17.9. The number of carbonyl (C=O) groups is 1. The molecule has 1 aromatic heterocycles. The van der Waals surface area contributed by atoms with Gasteiger partial charge < -0.3 is 4.90 Å². The molecule has 1 aromatic carbocycles. The summed E-state index contributed by atoms with van der Waals surface area (Å²) in [6, 6.07) is 9.40. The Balaban J connectivity index is 1.90. The first-order valence-corrected chi connectivity index (χ1v) is 10.0. The van der Waals surface area contributed by atoms with Gasteiger partial charge in [-0.15, -0.1) is 0 Å². The number of nitrogens with zero attached hydrogens (tertiary/aromatic N) is 2. The van der Waals surface area contributed by atoms with Crippen LogP contribution in [-0.4, -0.2) is 47.3 Å². The monoisotopic (exact) mass is 360 g/mol. The van der Waals surface area contributed by atoms with E-state index in [1.54, 1.807) is 31.7 Å². The number of aromatic nitrogens is 1. The lowest BCUT2D eigenvalue weighted by atomic mass is 10.1. The minimum atomic E-state index is -3.28. The van der Waals surface area contributed by atoms with Crippen LogP contribution >= 0.6 is 0 Å². The molecule has 0 aliphatic carbocycles. The first-order valence-electron chi connectivity index (χ1n) is 8.50. The van der Waals surface area contributed by atoms with Gasteiger partial charge in [-0.2, -0.15) is 0 Å². The van der Waals surface area contributed by atoms with Crippen LogP contribution in [0.4, 0.5) is 0 Å². The van der Waals surface area contributed by atoms with Gasteiger partial charge in [0, 0.05) is 24.2 Å². The Hall–Kier alpha value is -1.95. The highest BCUT2D eigenvalue weighted by molar-refractivity contribution is 7.93. The van der Waals surface area contributed by atoms with E-state index in [-0.39, 0.29) is 12.5 Å². The number of benzene rings is 1. The van der Waals surface area contributed by atoms with Gasteiger partial charge in [0.1, 0.15) is 0 Å². The zero-order valence-corrected chi connectivity index (χ0v) is 15.9. The molecule has 1 atom stereocenters. The van der Waals surface area contributed by atoms with Crippen LogP contribution < -0.4 is 0 Å². The average molecular weight is 360 g/mol. The second-order valence-corrected chi connectivity index (χ2v) is 10.6. The van der Waals surface area contributed by atoms with Crippen molar-refractivity contribution in [3.05, 3.63) is 41.6 Å². The predicted molar refractivity (Wildman–Crippen MR) is 99.5 cm³/mol. The van der Waals surface area contributed by atoms with Crippen LogP contribution in [0.2, 0.25) is 0 Å². The van der Waals surface area contributed by atoms with E-state index in [0.717, 1.165) is 11.1 Å². The molecule has 1 aliphatic heterocycles. The fraction of sp³-hybridized carbons (Fsp3) is 0.474. The van der Waals surface area contributed by atoms with Crippen LogP contribution in [0.15, 0.2) is 30.3 Å². The second kappa shape index (κ2) is 6.09. The molecular formula is C19H24N2O3S. The summed E-state index contributed by atoms with van der Waals surface area (Å²) in [5, 5.41) is 0.413. The van der Waals surface area contributed by atoms with Crippen molar-refractivity contribution < 1.29 is 13.2 Å². The van der Waals surface area contributed by atoms with Crippen molar-refractivity contribution >= 4 is 26.6 Å². The molecule has 2 heterocycles. The summed E-state index contributed by atoms with van der Waals surface area (Å²) in [6.07, 6.45) is 0.489. The van der Waals surface area contributed by atoms with Gasteiger partial charge in [-0.05, 0) is 46.2 Å². The van der Waals surface area contributed by atoms with Gasteiger partial charge in [0.15, 0.2) is 9.84 Å². The van der Waals surface area contributed by atoms with Crippen molar-refractivity contribution in [3.8, 4) is 0 Å². The van der Waals surface area contributed by atoms with Crippen LogP contribution in [0, 0.1) is 6.92 Å². The van der Waals surface area contributed by atoms with Crippen molar-refractivity contribution in [2.45, 2.75) is 44.1 Å². The number of amides is 1. The fourth-order valence-corrected chi connectivity index (χ4v) is 5.05. The number of sulfone groups is 1. The molecular weight excluding hydrogens is 336 g/mol. The maximum absolute atomic E-state index is 13.0. The summed E-state index contributed by atoms with van der Waals surface area (Å²) in [7, 11) is -3.28. The van der Waals surface area contributed by atoms with Crippen LogP contribution in [0.5, 0.6) is 0 Å². The van der Waals surface area contributed by atoms with E-state index in [4.69, 9.17) is 0 Å². The molecule has 0 unspecified atom stereocenters. The Morgan fingerprint density at radius 2 is 1.92 bits per heavy atom. The molecule has 0 N–H and O–H groups in total. The highest BCUT2D eigenvalue weighted by atomic mass is 32.2. The Kier molecular flexibility index (Phi) is 4.35. The number of hydrogen-bond acceptors (Lipinski definition) is 4. The zero-order valence-electron chi connectivity index (χ0n) is 15.1. The maximum atomic E-state index is 13.0. The lowest BCUT2D eigenvalue weighted by Gasteiger charge is -2.24. The summed E-state index contributed by atoms with van der Waals surface area (Å²) in [6.45, 7) is 7.74. The normalized spacial score (nSPS) is 18.7. The van der Waals surface area contributed by atoms with Gasteiger partial charge in [-0.1, -0.05) is 18.2 Å². The predicted octanol–water partition coefficient (Wildman–Crippen LogP) is 2.97. The third-order valence-electron chi connectivity index (χ3n) is 4.81. The maximum Gasteiger partial charge on any atom is 0.256 e. The highest BCUT2D eigenvalue weighted by Crippen LogP contribution is 2.28. The summed E-state index contributed by atoms with van der Waals surface area (Å²) >= 11 is 0. The SMILES string of the molecule is Cc1ccc2cccc(C(=O)N3CC[C@H](S(=O)(=O)C(C)(C)C)C3)c2n1. The molecule has 5 nitrogen and oxygen atoms in total. The molecule has 1 amide bonds. The van der Waals surface area contributed by atoms with E-state index in [2.05, 4.69) is 4.98 Å². The van der Waals surface area contributed by atoms with E-state index in [0.29, 0.717) is 24.0 Å². The second-order valence-electron chi connectivity index (χ2n) is 7.65. The molecule has 1 aliphatic rings. The quantitative estimate of drug-likeness (QED) is 0.826. The van der Waals surface area contributed by atoms with E-state index in [1.165, 1.54) is 0 Å². The topological polar surface area (TPSA) is 67.3 Å². The lowest BCUT2D eigenvalue weighted by Crippen LogP contribution is -2.39. The van der Waals surface area contributed by atoms with Gasteiger partial charge >= 0.3 is 0 Å². The standard InChI is InChI=1S/C19H24N2O3S/c1-13-8-9-14-6-5-7-16(17(14)20-13)18(22)21-11-10-15(12-21)25(23,24)19(2,3)4/h5-9,15H,10-12H2,1-4H3/t15-/m0/s1. The molecule has 0 radical (unpaired) electrons. The number of rotatable bonds is 2. The van der Waals surface area contributed by atoms with Crippen molar-refractivity contribution in [2.24, 2.45) is 0 Å². The molecule has 0 saturated carbocycles. The minimum Gasteiger partial charge on any atom is -0.337 e. The molecule has 6 heteroatoms. The van der Waals surface area contributed by atoms with Crippen LogP contribution in [0.25, 0.3) is 10.9 Å². The molecule has 134 valence electrons. The Morgan fingerprint density at radius 1 is 1.20 bits per heavy atom. The molecule has 1 fully saturated rings. The van der Waals surface area contributed by atoms with Crippen molar-refractivity contribution in [3.63, 3.8) is 0 Å². The summed E-state index contributed by atoms with van der Waals surface area (Å²) in [5.41, 5.74) is 2.06. The van der Waals surface area contributed by atoms with Gasteiger partial charge in [0.2, 0.25) is 0 Å². The zero-order chi connectivity index (χ0) is 18.4. The van der Waals surface area contributed by atoms with Crippen molar-refractivity contribution in [1.29, 1.82) is 0 Å². The van der Waals surface area contributed by atoms with Crippen LogP contribution in [0.1, 0.15) is 43.2 Å². The largest absolute Gasteiger partial charge is 0.337 e. The number of fused-ring (bicyclic) bond motifs is 1. The highest BCUT2D eigenvalue weighted by Gasteiger charge is 2.42. The molecule has 1 saturated heterocycles. The average Bonchev–Trinajstić information content (AvgIpc) is 3.03. The fourth-order valence-electron chi connectivity index (χ4n) is 3.25. The lowest BCUT2D eigenvalue weighted by molar-refractivity contribution is 0.0795. The van der Waals surface area contributed by atoms with E-state index >= 15 is 0 Å². The summed E-state index contributed by atoms with van der Waals surface area (Å²) in [4.78, 5) is 19.1. The number of aryl methyl sites for hydroxylation is 1. The summed E-state index contributed by atoms with van der Waals surface area (Å²) < 4.78 is 24.5. The first-order chi connectivity index (χ1) is 11.6. The number of pyridine rings is 1. The smallest absolute Gasteiger partial charge is 0.256 e. The van der Waals surface area contributed by atoms with Crippen LogP contribution in [0.3, 0.4) is 0 Å². The third-order valence-corrected chi connectivity index (χ3v) is 7.78. The molecule has 0 bridgehead atoms. The van der Waals surface area contributed by atoms with Gasteiger partial charge in [0.25, 0.3) is 5.91 Å². The molecule has 2 aromatic rings.